The van der Waals surface area contributed by atoms with Gasteiger partial charge >= 0.3 is 17.9 Å². The number of hydrogen-bond acceptors (Lipinski definition) is 6. The Bertz CT molecular complexity index is 1620. The van der Waals surface area contributed by atoms with Crippen molar-refractivity contribution in [2.45, 2.75) is 303 Å². The summed E-state index contributed by atoms with van der Waals surface area (Å²) in [6, 6.07) is 0. The largest absolute Gasteiger partial charge is 0.462 e. The summed E-state index contributed by atoms with van der Waals surface area (Å²) in [5.74, 6) is -0.916. The molecule has 0 aliphatic carbocycles. The molecule has 0 N–H and O–H groups in total. The number of hydrogen-bond donors (Lipinski definition) is 0. The lowest BCUT2D eigenvalue weighted by molar-refractivity contribution is -0.167. The molecule has 0 spiro atoms. The molecule has 0 aromatic heterocycles. The lowest BCUT2D eigenvalue weighted by atomic mass is 10.0. The number of ether oxygens (including phenoxy) is 3. The molecule has 6 nitrogen and oxygen atoms in total. The van der Waals surface area contributed by atoms with E-state index in [0.717, 1.165) is 135 Å². The van der Waals surface area contributed by atoms with Gasteiger partial charge in [0.2, 0.25) is 0 Å². The molecule has 0 aromatic rings. The molecule has 0 heterocycles. The Morgan fingerprint density at radius 3 is 0.808 bits per heavy atom. The molecule has 0 saturated heterocycles. The third kappa shape index (κ3) is 62.7. The Hall–Kier alpha value is -4.19. The molecule has 1 unspecified atom stereocenters. The second-order valence-electron chi connectivity index (χ2n) is 21.3. The summed E-state index contributed by atoms with van der Waals surface area (Å²) in [4.78, 5) is 38.3. The average molecular weight is 1080 g/mol. The smallest absolute Gasteiger partial charge is 0.306 e. The maximum Gasteiger partial charge on any atom is 0.306 e. The number of esters is 3. The van der Waals surface area contributed by atoms with Gasteiger partial charge < -0.3 is 14.2 Å². The summed E-state index contributed by atoms with van der Waals surface area (Å²) in [5.41, 5.74) is 0. The van der Waals surface area contributed by atoms with E-state index >= 15 is 0 Å². The molecule has 0 saturated carbocycles. The molecule has 0 bridgehead atoms. The second kappa shape index (κ2) is 65.3. The van der Waals surface area contributed by atoms with Crippen molar-refractivity contribution in [3.05, 3.63) is 122 Å². The first-order valence-electron chi connectivity index (χ1n) is 32.5. The molecule has 78 heavy (non-hydrogen) atoms. The predicted molar refractivity (Wildman–Crippen MR) is 339 cm³/mol. The van der Waals surface area contributed by atoms with Gasteiger partial charge in [-0.25, -0.2) is 0 Å². The zero-order valence-corrected chi connectivity index (χ0v) is 50.9. The van der Waals surface area contributed by atoms with Crippen LogP contribution in [-0.2, 0) is 28.6 Å². The minimum atomic E-state index is -0.795. The Morgan fingerprint density at radius 1 is 0.269 bits per heavy atom. The third-order valence-electron chi connectivity index (χ3n) is 13.7. The molecule has 0 radical (unpaired) electrons. The molecule has 0 rings (SSSR count). The van der Waals surface area contributed by atoms with E-state index in [2.05, 4.69) is 142 Å². The number of allylic oxidation sites excluding steroid dienone is 20. The first-order valence-corrected chi connectivity index (χ1v) is 32.5. The fourth-order valence-electron chi connectivity index (χ4n) is 8.84. The first-order chi connectivity index (χ1) is 38.5. The van der Waals surface area contributed by atoms with E-state index in [1.54, 1.807) is 0 Å². The van der Waals surface area contributed by atoms with E-state index in [1.807, 2.05) is 0 Å². The second-order valence-corrected chi connectivity index (χ2v) is 21.3. The minimum absolute atomic E-state index is 0.0891. The first kappa shape index (κ1) is 73.8. The highest BCUT2D eigenvalue weighted by Gasteiger charge is 2.19. The van der Waals surface area contributed by atoms with E-state index in [4.69, 9.17) is 14.2 Å². The third-order valence-corrected chi connectivity index (χ3v) is 13.7. The van der Waals surface area contributed by atoms with Crippen molar-refractivity contribution in [2.24, 2.45) is 0 Å². The van der Waals surface area contributed by atoms with Crippen LogP contribution in [0.1, 0.15) is 297 Å². The van der Waals surface area contributed by atoms with Crippen molar-refractivity contribution in [2.75, 3.05) is 13.2 Å². The highest BCUT2D eigenvalue weighted by Crippen LogP contribution is 2.16. The molecule has 6 heteroatoms. The summed E-state index contributed by atoms with van der Waals surface area (Å²) >= 11 is 0. The Balaban J connectivity index is 4.39. The monoisotopic (exact) mass is 1080 g/mol. The van der Waals surface area contributed by atoms with E-state index in [9.17, 15) is 14.4 Å². The summed E-state index contributed by atoms with van der Waals surface area (Å²) in [6.45, 7) is 6.49. The van der Waals surface area contributed by atoms with Gasteiger partial charge in [0.1, 0.15) is 13.2 Å². The van der Waals surface area contributed by atoms with Crippen molar-refractivity contribution in [1.82, 2.24) is 0 Å². The average Bonchev–Trinajstić information content (AvgIpc) is 3.44. The molecule has 444 valence electrons. The number of carbonyl (C=O) groups excluding carboxylic acids is 3. The van der Waals surface area contributed by atoms with Gasteiger partial charge in [-0.15, -0.1) is 0 Å². The summed E-state index contributed by atoms with van der Waals surface area (Å²) in [5, 5.41) is 0. The number of carbonyl (C=O) groups is 3. The van der Waals surface area contributed by atoms with Gasteiger partial charge in [0.15, 0.2) is 6.10 Å². The minimum Gasteiger partial charge on any atom is -0.462 e. The van der Waals surface area contributed by atoms with Gasteiger partial charge in [-0.2, -0.15) is 0 Å². The molecule has 0 aliphatic rings. The molecule has 0 aromatic carbocycles. The fraction of sp³-hybridized carbons (Fsp3) is 0.681. The normalized spacial score (nSPS) is 12.9. The summed E-state index contributed by atoms with van der Waals surface area (Å²) in [7, 11) is 0. The Morgan fingerprint density at radius 2 is 0.500 bits per heavy atom. The van der Waals surface area contributed by atoms with Crippen molar-refractivity contribution in [3.63, 3.8) is 0 Å². The van der Waals surface area contributed by atoms with Gasteiger partial charge in [0.25, 0.3) is 0 Å². The van der Waals surface area contributed by atoms with Crippen LogP contribution in [0.5, 0.6) is 0 Å². The van der Waals surface area contributed by atoms with Gasteiger partial charge in [0.05, 0.1) is 0 Å². The van der Waals surface area contributed by atoms with Crippen molar-refractivity contribution < 1.29 is 28.6 Å². The lowest BCUT2D eigenvalue weighted by Gasteiger charge is -2.18. The van der Waals surface area contributed by atoms with Crippen LogP contribution in [0.4, 0.5) is 0 Å². The molecular formula is C72H120O6. The van der Waals surface area contributed by atoms with Gasteiger partial charge in [-0.3, -0.25) is 14.4 Å². The molecule has 0 aliphatic heterocycles. The van der Waals surface area contributed by atoms with Crippen molar-refractivity contribution >= 4 is 17.9 Å². The maximum atomic E-state index is 12.9. The highest BCUT2D eigenvalue weighted by atomic mass is 16.6. The zero-order valence-electron chi connectivity index (χ0n) is 50.9. The van der Waals surface area contributed by atoms with Crippen LogP contribution >= 0.6 is 0 Å². The van der Waals surface area contributed by atoms with Crippen LogP contribution in [0, 0.1) is 0 Å². The Kier molecular flexibility index (Phi) is 61.8. The van der Waals surface area contributed by atoms with Gasteiger partial charge in [-0.1, -0.05) is 284 Å². The van der Waals surface area contributed by atoms with E-state index in [-0.39, 0.29) is 31.1 Å². The maximum absolute atomic E-state index is 12.9. The van der Waals surface area contributed by atoms with E-state index in [1.165, 1.54) is 122 Å². The van der Waals surface area contributed by atoms with Crippen molar-refractivity contribution in [3.8, 4) is 0 Å². The van der Waals surface area contributed by atoms with Crippen molar-refractivity contribution in [1.29, 1.82) is 0 Å². The van der Waals surface area contributed by atoms with E-state index < -0.39 is 6.10 Å². The number of unbranched alkanes of at least 4 members (excludes halogenated alkanes) is 27. The quantitative estimate of drug-likeness (QED) is 0.0261. The highest BCUT2D eigenvalue weighted by molar-refractivity contribution is 5.71. The fourth-order valence-corrected chi connectivity index (χ4v) is 8.84. The molecular weight excluding hydrogens is 961 g/mol. The zero-order chi connectivity index (χ0) is 56.4. The van der Waals surface area contributed by atoms with Crippen LogP contribution in [0.15, 0.2) is 122 Å². The molecule has 0 amide bonds. The standard InChI is InChI=1S/C72H120O6/c1-4-7-10-13-16-19-22-25-28-30-31-32-33-34-35-36-37-38-39-40-41-43-44-47-50-53-56-59-62-65-71(74)77-68-69(67-76-70(73)64-61-58-55-52-49-46-27-24-21-18-15-12-9-6-3)78-72(75)66-63-60-57-54-51-48-45-42-29-26-23-20-17-14-11-8-5-2/h7,10,16-17,19-20,25-26,28-29,31-32,34-35,37-38,40-41,44,47,69H,4-6,8-9,11-15,18,21-24,27,30,33,36,39,42-43,45-46,48-68H2,1-3H3/b10-7-,19-16-,20-17-,28-25-,29-26-,32-31-,35-34-,38-37-,41-40-,47-44-. The van der Waals surface area contributed by atoms with Crippen LogP contribution in [-0.4, -0.2) is 37.2 Å². The van der Waals surface area contributed by atoms with Gasteiger partial charge in [0, 0.05) is 19.3 Å². The lowest BCUT2D eigenvalue weighted by Crippen LogP contribution is -2.30. The van der Waals surface area contributed by atoms with Crippen LogP contribution in [0.25, 0.3) is 0 Å². The SMILES string of the molecule is CC/C=C\C/C=C\C/C=C\C/C=C\C/C=C\C/C=C\C/C=C\C/C=C\CCCCCCC(=O)OCC(COC(=O)CCCCCCCCCCCCCCCC)OC(=O)CCCCCCCCC/C=C\C/C=C\CCCCC. The topological polar surface area (TPSA) is 78.9 Å². The Labute approximate surface area is 482 Å². The van der Waals surface area contributed by atoms with E-state index in [0.29, 0.717) is 19.3 Å². The van der Waals surface area contributed by atoms with Crippen LogP contribution < -0.4 is 0 Å². The van der Waals surface area contributed by atoms with Gasteiger partial charge in [-0.05, 0) is 116 Å². The number of rotatable bonds is 58. The summed E-state index contributed by atoms with van der Waals surface area (Å²) < 4.78 is 16.9. The summed E-state index contributed by atoms with van der Waals surface area (Å²) in [6.07, 6.45) is 90.5. The van der Waals surface area contributed by atoms with Crippen LogP contribution in [0.2, 0.25) is 0 Å². The molecule has 0 fully saturated rings. The predicted octanol–water partition coefficient (Wildman–Crippen LogP) is 22.4. The van der Waals surface area contributed by atoms with Crippen LogP contribution in [0.3, 0.4) is 0 Å². The molecule has 1 atom stereocenters.